The van der Waals surface area contributed by atoms with E-state index in [1.165, 1.54) is 0 Å². The predicted octanol–water partition coefficient (Wildman–Crippen LogP) is 1.85. The molecular weight excluding hydrogens is 223 g/mol. The van der Waals surface area contributed by atoms with E-state index in [1.807, 2.05) is 0 Å². The molecule has 1 unspecified atom stereocenters. The van der Waals surface area contributed by atoms with Crippen molar-refractivity contribution >= 4 is 0 Å². The summed E-state index contributed by atoms with van der Waals surface area (Å²) in [5.41, 5.74) is 5.47. The molecule has 1 aliphatic rings. The van der Waals surface area contributed by atoms with E-state index < -0.39 is 12.2 Å². The highest BCUT2D eigenvalue weighted by Crippen LogP contribution is 2.36. The lowest BCUT2D eigenvalue weighted by atomic mass is 10.0. The number of benzene rings is 1. The quantitative estimate of drug-likeness (QED) is 0.847. The van der Waals surface area contributed by atoms with Crippen LogP contribution in [0.3, 0.4) is 0 Å². The molecule has 6 heteroatoms. The topological polar surface area (TPSA) is 44.5 Å². The van der Waals surface area contributed by atoms with Gasteiger partial charge in [0.25, 0.3) is 0 Å². The minimum atomic E-state index is -4.40. The van der Waals surface area contributed by atoms with Crippen LogP contribution in [-0.2, 0) is 6.42 Å². The summed E-state index contributed by atoms with van der Waals surface area (Å²) in [4.78, 5) is 0. The van der Waals surface area contributed by atoms with Gasteiger partial charge in [-0.15, -0.1) is 0 Å². The van der Waals surface area contributed by atoms with Gasteiger partial charge in [0.2, 0.25) is 6.79 Å². The summed E-state index contributed by atoms with van der Waals surface area (Å²) >= 11 is 0. The summed E-state index contributed by atoms with van der Waals surface area (Å²) in [6, 6.07) is 2.93. The molecule has 1 heterocycles. The van der Waals surface area contributed by atoms with Crippen LogP contribution in [0.4, 0.5) is 13.2 Å². The zero-order chi connectivity index (χ0) is 11.8. The maximum absolute atomic E-state index is 12.3. The van der Waals surface area contributed by atoms with E-state index in [9.17, 15) is 13.2 Å². The lowest BCUT2D eigenvalue weighted by Gasteiger charge is -2.16. The summed E-state index contributed by atoms with van der Waals surface area (Å²) in [6.07, 6.45) is -4.71. The van der Waals surface area contributed by atoms with Gasteiger partial charge in [-0.2, -0.15) is 13.2 Å². The second-order valence-corrected chi connectivity index (χ2v) is 3.50. The van der Waals surface area contributed by atoms with Crippen molar-refractivity contribution in [2.24, 2.45) is 5.73 Å². The van der Waals surface area contributed by atoms with Crippen molar-refractivity contribution in [2.75, 3.05) is 6.79 Å². The van der Waals surface area contributed by atoms with E-state index in [-0.39, 0.29) is 13.2 Å². The first-order valence-corrected chi connectivity index (χ1v) is 4.68. The van der Waals surface area contributed by atoms with Gasteiger partial charge in [-0.1, -0.05) is 12.1 Å². The van der Waals surface area contributed by atoms with Crippen LogP contribution in [0.1, 0.15) is 5.56 Å². The van der Waals surface area contributed by atoms with E-state index >= 15 is 0 Å². The first-order chi connectivity index (χ1) is 7.48. The third kappa shape index (κ3) is 2.06. The van der Waals surface area contributed by atoms with Gasteiger partial charge < -0.3 is 15.2 Å². The lowest BCUT2D eigenvalue weighted by Crippen LogP contribution is -2.39. The molecule has 1 aliphatic heterocycles. The zero-order valence-corrected chi connectivity index (χ0v) is 8.25. The van der Waals surface area contributed by atoms with Crippen molar-refractivity contribution in [1.29, 1.82) is 0 Å². The maximum Gasteiger partial charge on any atom is 0.403 e. The fourth-order valence-corrected chi connectivity index (χ4v) is 1.50. The van der Waals surface area contributed by atoms with Crippen LogP contribution in [0.2, 0.25) is 0 Å². The van der Waals surface area contributed by atoms with E-state index in [1.54, 1.807) is 18.2 Å². The lowest BCUT2D eigenvalue weighted by molar-refractivity contribution is -0.147. The smallest absolute Gasteiger partial charge is 0.403 e. The Bertz CT molecular complexity index is 392. The molecule has 1 aromatic rings. The molecule has 88 valence electrons. The van der Waals surface area contributed by atoms with Crippen molar-refractivity contribution in [2.45, 2.75) is 18.6 Å². The Kier molecular flexibility index (Phi) is 2.67. The number of fused-ring (bicyclic) bond motifs is 1. The fourth-order valence-electron chi connectivity index (χ4n) is 1.50. The number of halogens is 3. The second kappa shape index (κ2) is 3.86. The minimum absolute atomic E-state index is 0.0353. The average Bonchev–Trinajstić information content (AvgIpc) is 2.65. The van der Waals surface area contributed by atoms with Crippen LogP contribution in [0.25, 0.3) is 0 Å². The van der Waals surface area contributed by atoms with Gasteiger partial charge >= 0.3 is 6.18 Å². The standard InChI is InChI=1S/C10H10F3NO2/c11-10(12,13)8(14)4-6-2-1-3-7-9(6)16-5-15-7/h1-3,8H,4-5,14H2. The molecule has 0 spiro atoms. The van der Waals surface area contributed by atoms with Crippen LogP contribution in [0.5, 0.6) is 11.5 Å². The maximum atomic E-state index is 12.3. The van der Waals surface area contributed by atoms with Crippen LogP contribution in [-0.4, -0.2) is 19.0 Å². The van der Waals surface area contributed by atoms with Crippen LogP contribution in [0.15, 0.2) is 18.2 Å². The molecule has 0 bridgehead atoms. The highest BCUT2D eigenvalue weighted by molar-refractivity contribution is 5.48. The summed E-state index contributed by atoms with van der Waals surface area (Å²) < 4.78 is 47.0. The van der Waals surface area contributed by atoms with Crippen LogP contribution >= 0.6 is 0 Å². The van der Waals surface area contributed by atoms with Crippen LogP contribution < -0.4 is 15.2 Å². The largest absolute Gasteiger partial charge is 0.454 e. The van der Waals surface area contributed by atoms with Gasteiger partial charge in [0.15, 0.2) is 11.5 Å². The molecule has 1 atom stereocenters. The van der Waals surface area contributed by atoms with Gasteiger partial charge in [-0.3, -0.25) is 0 Å². The van der Waals surface area contributed by atoms with E-state index in [0.717, 1.165) is 0 Å². The highest BCUT2D eigenvalue weighted by Gasteiger charge is 2.37. The monoisotopic (exact) mass is 233 g/mol. The van der Waals surface area contributed by atoms with Gasteiger partial charge in [-0.05, 0) is 6.07 Å². The Labute approximate surface area is 89.9 Å². The van der Waals surface area contributed by atoms with Crippen molar-refractivity contribution in [3.8, 4) is 11.5 Å². The molecule has 0 saturated carbocycles. The molecule has 0 saturated heterocycles. The molecule has 2 N–H and O–H groups in total. The Morgan fingerprint density at radius 3 is 2.75 bits per heavy atom. The first-order valence-electron chi connectivity index (χ1n) is 4.68. The number of para-hydroxylation sites is 1. The number of ether oxygens (including phenoxy) is 2. The third-order valence-corrected chi connectivity index (χ3v) is 2.34. The molecule has 0 amide bonds. The molecule has 1 aromatic carbocycles. The molecule has 3 nitrogen and oxygen atoms in total. The number of hydrogen-bond acceptors (Lipinski definition) is 3. The Balaban J connectivity index is 2.20. The zero-order valence-electron chi connectivity index (χ0n) is 8.25. The van der Waals surface area contributed by atoms with Crippen molar-refractivity contribution in [1.82, 2.24) is 0 Å². The molecule has 16 heavy (non-hydrogen) atoms. The van der Waals surface area contributed by atoms with E-state index in [0.29, 0.717) is 17.1 Å². The Morgan fingerprint density at radius 2 is 2.06 bits per heavy atom. The van der Waals surface area contributed by atoms with E-state index in [2.05, 4.69) is 0 Å². The second-order valence-electron chi connectivity index (χ2n) is 3.50. The van der Waals surface area contributed by atoms with Gasteiger partial charge in [0, 0.05) is 12.0 Å². The summed E-state index contributed by atoms with van der Waals surface area (Å²) in [6.45, 7) is 0.0353. The summed E-state index contributed by atoms with van der Waals surface area (Å²) in [7, 11) is 0. The molecule has 0 aromatic heterocycles. The highest BCUT2D eigenvalue weighted by atomic mass is 19.4. The third-order valence-electron chi connectivity index (χ3n) is 2.34. The van der Waals surface area contributed by atoms with Crippen molar-refractivity contribution in [3.63, 3.8) is 0 Å². The molecule has 0 radical (unpaired) electrons. The van der Waals surface area contributed by atoms with Crippen molar-refractivity contribution in [3.05, 3.63) is 23.8 Å². The molecular formula is C10H10F3NO2. The number of alkyl halides is 3. The Hall–Kier alpha value is -1.43. The molecule has 2 rings (SSSR count). The van der Waals surface area contributed by atoms with Crippen molar-refractivity contribution < 1.29 is 22.6 Å². The number of nitrogens with two attached hydrogens (primary N) is 1. The average molecular weight is 233 g/mol. The predicted molar refractivity (Wildman–Crippen MR) is 50.3 cm³/mol. The molecule has 0 aliphatic carbocycles. The van der Waals surface area contributed by atoms with Gasteiger partial charge in [-0.25, -0.2) is 0 Å². The van der Waals surface area contributed by atoms with Gasteiger partial charge in [0.1, 0.15) is 6.04 Å². The number of hydrogen-bond donors (Lipinski definition) is 1. The normalized spacial score (nSPS) is 16.2. The summed E-state index contributed by atoms with van der Waals surface area (Å²) in [5, 5.41) is 0. The van der Waals surface area contributed by atoms with E-state index in [4.69, 9.17) is 15.2 Å². The fraction of sp³-hybridized carbons (Fsp3) is 0.400. The Morgan fingerprint density at radius 1 is 1.31 bits per heavy atom. The molecule has 0 fully saturated rings. The number of rotatable bonds is 2. The summed E-state index contributed by atoms with van der Waals surface area (Å²) in [5.74, 6) is 0.828. The SMILES string of the molecule is NC(Cc1cccc2c1OCO2)C(F)(F)F. The first kappa shape index (κ1) is 11.1. The van der Waals surface area contributed by atoms with Gasteiger partial charge in [0.05, 0.1) is 0 Å². The van der Waals surface area contributed by atoms with Crippen LogP contribution in [0, 0.1) is 0 Å². The minimum Gasteiger partial charge on any atom is -0.454 e.